The molecule has 0 saturated carbocycles. The molecule has 1 atom stereocenters. The van der Waals surface area contributed by atoms with Crippen LogP contribution in [0.25, 0.3) is 5.65 Å². The van der Waals surface area contributed by atoms with Crippen LogP contribution in [0, 0.1) is 19.3 Å². The van der Waals surface area contributed by atoms with E-state index < -0.39 is 44.9 Å². The van der Waals surface area contributed by atoms with Crippen LogP contribution in [0.5, 0.6) is 11.8 Å². The SMILES string of the molecule is Cc1ccc(C(c2ccn3c(C(F)(F)F)nnc3c2C)C(C)(C)C(=O)O)cc1CN1CC2(CCOCC2)Oc2nc(OCCN3CCOCC3)ccc2S1(=O)=O. The van der Waals surface area contributed by atoms with Gasteiger partial charge in [-0.3, -0.25) is 14.1 Å². The average molecular weight is 803 g/mol. The molecule has 2 saturated heterocycles. The monoisotopic (exact) mass is 802 g/mol. The topological polar surface area (TPSA) is 158 Å². The number of halogens is 3. The first kappa shape index (κ1) is 39.9. The van der Waals surface area contributed by atoms with Crippen molar-refractivity contribution in [2.24, 2.45) is 5.41 Å². The number of aromatic nitrogens is 4. The van der Waals surface area contributed by atoms with Gasteiger partial charge in [-0.25, -0.2) is 8.42 Å². The lowest BCUT2D eigenvalue weighted by atomic mass is 9.70. The maximum Gasteiger partial charge on any atom is 0.452 e. The van der Waals surface area contributed by atoms with Gasteiger partial charge < -0.3 is 24.1 Å². The second-order valence-electron chi connectivity index (χ2n) is 15.2. The van der Waals surface area contributed by atoms with Crippen LogP contribution in [0.15, 0.2) is 47.5 Å². The summed E-state index contributed by atoms with van der Waals surface area (Å²) in [6.07, 6.45) is -2.73. The van der Waals surface area contributed by atoms with Gasteiger partial charge in [0.15, 0.2) is 5.65 Å². The number of pyridine rings is 2. The minimum atomic E-state index is -4.75. The minimum Gasteiger partial charge on any atom is -0.481 e. The normalized spacial score (nSPS) is 19.6. The summed E-state index contributed by atoms with van der Waals surface area (Å²) < 4.78 is 96.0. The molecule has 2 fully saturated rings. The summed E-state index contributed by atoms with van der Waals surface area (Å²) in [5.74, 6) is -3.01. The highest BCUT2D eigenvalue weighted by molar-refractivity contribution is 7.89. The first-order valence-corrected chi connectivity index (χ1v) is 19.9. The Bertz CT molecular complexity index is 2220. The predicted molar refractivity (Wildman–Crippen MR) is 195 cm³/mol. The van der Waals surface area contributed by atoms with E-state index in [0.717, 1.165) is 23.1 Å². The highest BCUT2D eigenvalue weighted by Crippen LogP contribution is 2.45. The number of carboxylic acid groups (broad SMARTS) is 1. The third-order valence-electron chi connectivity index (χ3n) is 11.1. The Kier molecular flexibility index (Phi) is 10.8. The van der Waals surface area contributed by atoms with E-state index >= 15 is 0 Å². The molecule has 14 nitrogen and oxygen atoms in total. The van der Waals surface area contributed by atoms with Crippen molar-refractivity contribution < 1.29 is 50.4 Å². The number of fused-ring (bicyclic) bond motifs is 2. The highest BCUT2D eigenvalue weighted by atomic mass is 32.2. The number of hydrogen-bond acceptors (Lipinski definition) is 11. The van der Waals surface area contributed by atoms with Crippen LogP contribution in [-0.4, -0.2) is 113 Å². The lowest BCUT2D eigenvalue weighted by Gasteiger charge is -2.38. The molecule has 0 amide bonds. The van der Waals surface area contributed by atoms with Gasteiger partial charge in [0, 0.05) is 57.2 Å². The summed E-state index contributed by atoms with van der Waals surface area (Å²) in [5, 5.41) is 17.7. The molecule has 1 aromatic carbocycles. The molecular formula is C38H45F3N6O8S. The van der Waals surface area contributed by atoms with Gasteiger partial charge >= 0.3 is 12.1 Å². The number of carboxylic acids is 1. The molecule has 7 rings (SSSR count). The zero-order chi connectivity index (χ0) is 40.0. The molecule has 3 aromatic heterocycles. The Labute approximate surface area is 322 Å². The lowest BCUT2D eigenvalue weighted by Crippen LogP contribution is -2.50. The number of nitrogens with zero attached hydrogens (tertiary/aromatic N) is 6. The van der Waals surface area contributed by atoms with E-state index in [1.54, 1.807) is 39.0 Å². The summed E-state index contributed by atoms with van der Waals surface area (Å²) in [6.45, 7) is 11.1. The van der Waals surface area contributed by atoms with E-state index in [2.05, 4.69) is 20.1 Å². The van der Waals surface area contributed by atoms with E-state index in [1.807, 2.05) is 6.92 Å². The van der Waals surface area contributed by atoms with Gasteiger partial charge in [0.2, 0.25) is 27.6 Å². The molecule has 0 bridgehead atoms. The summed E-state index contributed by atoms with van der Waals surface area (Å²) in [7, 11) is -4.21. The third kappa shape index (κ3) is 7.68. The van der Waals surface area contributed by atoms with Crippen molar-refractivity contribution in [1.29, 1.82) is 0 Å². The van der Waals surface area contributed by atoms with Crippen molar-refractivity contribution in [3.63, 3.8) is 0 Å². The quantitative estimate of drug-likeness (QED) is 0.233. The second kappa shape index (κ2) is 15.2. The number of sulfonamides is 1. The highest BCUT2D eigenvalue weighted by Gasteiger charge is 2.46. The number of morpholine rings is 1. The molecule has 4 aromatic rings. The van der Waals surface area contributed by atoms with E-state index in [0.29, 0.717) is 74.7 Å². The largest absolute Gasteiger partial charge is 0.481 e. The first-order valence-electron chi connectivity index (χ1n) is 18.5. The Morgan fingerprint density at radius 2 is 1.73 bits per heavy atom. The zero-order valence-corrected chi connectivity index (χ0v) is 32.5. The molecule has 3 aliphatic heterocycles. The summed E-state index contributed by atoms with van der Waals surface area (Å²) in [4.78, 5) is 19.5. The number of rotatable bonds is 10. The van der Waals surface area contributed by atoms with Gasteiger partial charge in [0.25, 0.3) is 0 Å². The van der Waals surface area contributed by atoms with Crippen LogP contribution in [0.4, 0.5) is 13.2 Å². The van der Waals surface area contributed by atoms with Gasteiger partial charge in [-0.1, -0.05) is 18.2 Å². The molecule has 3 aliphatic rings. The molecular weight excluding hydrogens is 758 g/mol. The van der Waals surface area contributed by atoms with Crippen molar-refractivity contribution in [3.05, 3.63) is 76.2 Å². The zero-order valence-electron chi connectivity index (χ0n) is 31.6. The van der Waals surface area contributed by atoms with Crippen LogP contribution in [-0.2, 0) is 37.0 Å². The summed E-state index contributed by atoms with van der Waals surface area (Å²) in [5.41, 5.74) is 0.206. The van der Waals surface area contributed by atoms with Gasteiger partial charge in [-0.2, -0.15) is 22.5 Å². The van der Waals surface area contributed by atoms with Gasteiger partial charge in [-0.15, -0.1) is 10.2 Å². The van der Waals surface area contributed by atoms with Crippen molar-refractivity contribution in [3.8, 4) is 11.8 Å². The number of alkyl halides is 3. The maximum absolute atomic E-state index is 14.6. The van der Waals surface area contributed by atoms with Gasteiger partial charge in [0.1, 0.15) is 17.1 Å². The molecule has 6 heterocycles. The smallest absolute Gasteiger partial charge is 0.452 e. The average Bonchev–Trinajstić information content (AvgIpc) is 3.58. The van der Waals surface area contributed by atoms with Crippen LogP contribution >= 0.6 is 0 Å². The van der Waals surface area contributed by atoms with Crippen molar-refractivity contribution in [2.45, 2.75) is 69.7 Å². The van der Waals surface area contributed by atoms with Crippen molar-refractivity contribution in [1.82, 2.24) is 28.8 Å². The Morgan fingerprint density at radius 1 is 1.02 bits per heavy atom. The fourth-order valence-electron chi connectivity index (χ4n) is 7.73. The fraction of sp³-hybridized carbons (Fsp3) is 0.526. The fourth-order valence-corrected chi connectivity index (χ4v) is 9.28. The number of aliphatic carboxylic acids is 1. The maximum atomic E-state index is 14.6. The molecule has 0 aliphatic carbocycles. The Morgan fingerprint density at radius 3 is 2.43 bits per heavy atom. The van der Waals surface area contributed by atoms with E-state index in [-0.39, 0.29) is 35.4 Å². The Hall–Kier alpha value is -4.36. The van der Waals surface area contributed by atoms with Crippen LogP contribution < -0.4 is 9.47 Å². The van der Waals surface area contributed by atoms with E-state index in [4.69, 9.17) is 18.9 Å². The second-order valence-corrected chi connectivity index (χ2v) is 17.1. The first-order chi connectivity index (χ1) is 26.5. The number of aryl methyl sites for hydroxylation is 2. The summed E-state index contributed by atoms with van der Waals surface area (Å²) in [6, 6.07) is 9.78. The molecule has 1 N–H and O–H groups in total. The summed E-state index contributed by atoms with van der Waals surface area (Å²) >= 11 is 0. The third-order valence-corrected chi connectivity index (χ3v) is 12.9. The number of carbonyl (C=O) groups is 1. The van der Waals surface area contributed by atoms with E-state index in [1.165, 1.54) is 28.7 Å². The standard InChI is InChI=1S/C38H45F3N6O8S/c1-24-5-6-26(31(36(3,4)35(48)49)28-9-12-47-32(25(28)2)43-44-34(47)38(39,40)41)21-27(24)22-46-23-37(10-16-52-17-11-37)55-33-29(56(46,50)51)7-8-30(42-33)54-20-15-45-13-18-53-19-14-45/h5-9,12,21,31H,10-11,13-20,22-23H2,1-4H3,(H,48,49). The van der Waals surface area contributed by atoms with Crippen molar-refractivity contribution >= 4 is 21.6 Å². The molecule has 0 radical (unpaired) electrons. The lowest BCUT2D eigenvalue weighted by molar-refractivity contribution is -0.147. The van der Waals surface area contributed by atoms with Gasteiger partial charge in [-0.05, 0) is 67.6 Å². The number of ether oxygens (including phenoxy) is 4. The molecule has 18 heteroatoms. The predicted octanol–water partition coefficient (Wildman–Crippen LogP) is 4.85. The molecule has 56 heavy (non-hydrogen) atoms. The van der Waals surface area contributed by atoms with Crippen LogP contribution in [0.1, 0.15) is 66.2 Å². The Balaban J connectivity index is 1.24. The number of benzene rings is 1. The molecule has 1 spiro atoms. The minimum absolute atomic E-state index is 0.000185. The van der Waals surface area contributed by atoms with Gasteiger partial charge in [0.05, 0.1) is 38.4 Å². The van der Waals surface area contributed by atoms with E-state index in [9.17, 15) is 31.5 Å². The molecule has 1 unspecified atom stereocenters. The molecule has 302 valence electrons. The number of hydrogen-bond donors (Lipinski definition) is 1. The van der Waals surface area contributed by atoms with Crippen LogP contribution in [0.2, 0.25) is 0 Å². The van der Waals surface area contributed by atoms with Crippen molar-refractivity contribution in [2.75, 3.05) is 59.2 Å². The van der Waals surface area contributed by atoms with Crippen LogP contribution in [0.3, 0.4) is 0 Å².